The highest BCUT2D eigenvalue weighted by molar-refractivity contribution is 7.85. The molecule has 1 atom stereocenters. The molecule has 2 aromatic heterocycles. The third kappa shape index (κ3) is 8.05. The molecule has 0 aliphatic carbocycles. The number of likely N-dealkylation sites (tertiary alicyclic amines) is 1. The lowest BCUT2D eigenvalue weighted by atomic mass is 9.93. The molecule has 3 heterocycles. The Labute approximate surface area is 226 Å². The van der Waals surface area contributed by atoms with Crippen LogP contribution in [-0.2, 0) is 19.7 Å². The fourth-order valence-corrected chi connectivity index (χ4v) is 7.03. The molecule has 0 spiro atoms. The Balaban J connectivity index is 0.000000289. The van der Waals surface area contributed by atoms with Gasteiger partial charge in [-0.15, -0.1) is 22.7 Å². The van der Waals surface area contributed by atoms with E-state index in [9.17, 15) is 23.1 Å². The second-order valence-electron chi connectivity index (χ2n) is 9.35. The maximum atomic E-state index is 13.2. The lowest BCUT2D eigenvalue weighted by Crippen LogP contribution is -2.39. The van der Waals surface area contributed by atoms with Crippen LogP contribution in [0.15, 0.2) is 52.1 Å². The van der Waals surface area contributed by atoms with E-state index in [4.69, 9.17) is 4.55 Å². The zero-order chi connectivity index (χ0) is 27.2. The van der Waals surface area contributed by atoms with Crippen molar-refractivity contribution in [2.24, 2.45) is 5.92 Å². The Hall–Kier alpha value is -2.37. The molecule has 0 bridgehead atoms. The zero-order valence-corrected chi connectivity index (χ0v) is 23.7. The molecule has 1 fully saturated rings. The Morgan fingerprint density at radius 1 is 1.00 bits per heavy atom. The molecule has 4 rings (SSSR count). The number of hydrogen-bond donors (Lipinski definition) is 2. The minimum absolute atomic E-state index is 0.0666. The summed E-state index contributed by atoms with van der Waals surface area (Å²) in [4.78, 5) is 28.8. The SMILES string of the molecule is Cc1ccc(S(=O)(=O)O)cc1.Cc1ccsc1C(C(=O)CCN1CCC[C@H](C(=O)O)C1)c1sccc1C. The molecular weight excluding hydrogens is 530 g/mol. The number of ketones is 1. The van der Waals surface area contributed by atoms with Crippen LogP contribution in [0.3, 0.4) is 0 Å². The van der Waals surface area contributed by atoms with Crippen molar-refractivity contribution in [2.75, 3.05) is 19.6 Å². The van der Waals surface area contributed by atoms with E-state index in [1.165, 1.54) is 23.3 Å². The van der Waals surface area contributed by atoms with Gasteiger partial charge in [-0.25, -0.2) is 0 Å². The summed E-state index contributed by atoms with van der Waals surface area (Å²) >= 11 is 3.31. The molecule has 0 unspecified atom stereocenters. The van der Waals surface area contributed by atoms with Crippen LogP contribution < -0.4 is 0 Å². The van der Waals surface area contributed by atoms with E-state index in [2.05, 4.69) is 41.6 Å². The molecule has 10 heteroatoms. The number of aryl methyl sites for hydroxylation is 3. The van der Waals surface area contributed by atoms with Crippen LogP contribution >= 0.6 is 22.7 Å². The second kappa shape index (κ2) is 12.9. The van der Waals surface area contributed by atoms with Gasteiger partial charge in [0, 0.05) is 29.3 Å². The Bertz CT molecular complexity index is 1270. The molecule has 7 nitrogen and oxygen atoms in total. The van der Waals surface area contributed by atoms with Gasteiger partial charge >= 0.3 is 5.97 Å². The van der Waals surface area contributed by atoms with Gasteiger partial charge in [0.2, 0.25) is 0 Å². The second-order valence-corrected chi connectivity index (χ2v) is 12.7. The van der Waals surface area contributed by atoms with Crippen molar-refractivity contribution in [2.45, 2.75) is 50.8 Å². The normalized spacial score (nSPS) is 16.3. The number of nitrogens with zero attached hydrogens (tertiary/aromatic N) is 1. The fraction of sp³-hybridized carbons (Fsp3) is 0.407. The van der Waals surface area contributed by atoms with E-state index in [0.717, 1.165) is 34.7 Å². The van der Waals surface area contributed by atoms with Crippen molar-refractivity contribution < 1.29 is 27.7 Å². The standard InChI is InChI=1S/C20H25NO3S2.C7H8O3S/c1-13-6-10-25-18(13)17(19-14(2)7-11-26-19)16(22)5-9-21-8-3-4-15(12-21)20(23)24;1-6-2-4-7(5-3-6)11(8,9)10/h6-7,10-11,15,17H,3-5,8-9,12H2,1-2H3,(H,23,24);2-5H,1H3,(H,8,9,10)/t15-;/m0./s1. The number of rotatable bonds is 8. The summed E-state index contributed by atoms with van der Waals surface area (Å²) in [6, 6.07) is 10.1. The molecule has 1 saturated heterocycles. The predicted octanol–water partition coefficient (Wildman–Crippen LogP) is 5.56. The number of Topliss-reactive ketones (excluding diaryl/α,β-unsaturated/α-hetero) is 1. The van der Waals surface area contributed by atoms with Gasteiger partial charge in [0.25, 0.3) is 10.1 Å². The monoisotopic (exact) mass is 563 g/mol. The highest BCUT2D eigenvalue weighted by Crippen LogP contribution is 2.37. The largest absolute Gasteiger partial charge is 0.481 e. The van der Waals surface area contributed by atoms with Crippen molar-refractivity contribution in [3.8, 4) is 0 Å². The predicted molar refractivity (Wildman–Crippen MR) is 147 cm³/mol. The van der Waals surface area contributed by atoms with Crippen molar-refractivity contribution in [1.82, 2.24) is 4.90 Å². The van der Waals surface area contributed by atoms with Crippen LogP contribution in [0.5, 0.6) is 0 Å². The number of aliphatic carboxylic acids is 1. The first-order valence-electron chi connectivity index (χ1n) is 12.1. The topological polar surface area (TPSA) is 112 Å². The molecule has 1 aliphatic heterocycles. The summed E-state index contributed by atoms with van der Waals surface area (Å²) in [6.45, 7) is 8.07. The van der Waals surface area contributed by atoms with Crippen molar-refractivity contribution in [1.29, 1.82) is 0 Å². The fourth-order valence-electron chi connectivity index (χ4n) is 4.35. The summed E-state index contributed by atoms with van der Waals surface area (Å²) in [5.74, 6) is -0.968. The average Bonchev–Trinajstić information content (AvgIpc) is 3.46. The molecule has 0 radical (unpaired) electrons. The quantitative estimate of drug-likeness (QED) is 0.345. The molecule has 200 valence electrons. The highest BCUT2D eigenvalue weighted by Gasteiger charge is 2.30. The van der Waals surface area contributed by atoms with E-state index in [0.29, 0.717) is 19.5 Å². The van der Waals surface area contributed by atoms with E-state index in [1.54, 1.807) is 34.8 Å². The number of carboxylic acid groups (broad SMARTS) is 1. The van der Waals surface area contributed by atoms with Gasteiger partial charge in [-0.3, -0.25) is 14.1 Å². The Kier molecular flexibility index (Phi) is 10.2. The minimum Gasteiger partial charge on any atom is -0.481 e. The first-order valence-corrected chi connectivity index (χ1v) is 15.3. The average molecular weight is 564 g/mol. The molecule has 37 heavy (non-hydrogen) atoms. The maximum Gasteiger partial charge on any atom is 0.307 e. The number of piperidine rings is 1. The highest BCUT2D eigenvalue weighted by atomic mass is 32.2. The molecule has 2 N–H and O–H groups in total. The summed E-state index contributed by atoms with van der Waals surface area (Å²) in [5.41, 5.74) is 3.30. The van der Waals surface area contributed by atoms with Gasteiger partial charge in [-0.05, 0) is 86.3 Å². The van der Waals surface area contributed by atoms with Gasteiger partial charge in [0.1, 0.15) is 5.78 Å². The third-order valence-corrected chi connectivity index (χ3v) is 9.53. The number of hydrogen-bond acceptors (Lipinski definition) is 7. The molecule has 0 saturated carbocycles. The van der Waals surface area contributed by atoms with Gasteiger partial charge < -0.3 is 10.0 Å². The van der Waals surface area contributed by atoms with Gasteiger partial charge in [0.05, 0.1) is 16.7 Å². The first-order chi connectivity index (χ1) is 17.5. The first kappa shape index (κ1) is 29.2. The number of carboxylic acids is 1. The van der Waals surface area contributed by atoms with Crippen LogP contribution in [0.4, 0.5) is 0 Å². The van der Waals surface area contributed by atoms with Crippen LogP contribution in [0.1, 0.15) is 51.6 Å². The smallest absolute Gasteiger partial charge is 0.307 e. The summed E-state index contributed by atoms with van der Waals surface area (Å²) < 4.78 is 29.6. The Morgan fingerprint density at radius 2 is 1.57 bits per heavy atom. The number of thiophene rings is 2. The van der Waals surface area contributed by atoms with E-state index in [-0.39, 0.29) is 22.5 Å². The van der Waals surface area contributed by atoms with Crippen LogP contribution in [0, 0.1) is 26.7 Å². The molecule has 0 amide bonds. The minimum atomic E-state index is -4.02. The molecule has 1 aliphatic rings. The summed E-state index contributed by atoms with van der Waals surface area (Å²) in [7, 11) is -4.02. The molecule has 3 aromatic rings. The van der Waals surface area contributed by atoms with Crippen LogP contribution in [0.2, 0.25) is 0 Å². The van der Waals surface area contributed by atoms with Crippen LogP contribution in [-0.4, -0.2) is 54.4 Å². The number of benzene rings is 1. The lowest BCUT2D eigenvalue weighted by Gasteiger charge is -2.30. The van der Waals surface area contributed by atoms with Gasteiger partial charge in [0.15, 0.2) is 0 Å². The molecule has 1 aromatic carbocycles. The lowest BCUT2D eigenvalue weighted by molar-refractivity contribution is -0.143. The van der Waals surface area contributed by atoms with Gasteiger partial charge in [-0.2, -0.15) is 8.42 Å². The Morgan fingerprint density at radius 3 is 2.03 bits per heavy atom. The number of carbonyl (C=O) groups excluding carboxylic acids is 1. The molecular formula is C27H33NO6S3. The van der Waals surface area contributed by atoms with E-state index in [1.807, 2.05) is 6.92 Å². The maximum absolute atomic E-state index is 13.2. The number of carbonyl (C=O) groups is 2. The summed E-state index contributed by atoms with van der Waals surface area (Å²) in [6.07, 6.45) is 2.10. The zero-order valence-electron chi connectivity index (χ0n) is 21.2. The van der Waals surface area contributed by atoms with Crippen molar-refractivity contribution in [3.05, 3.63) is 73.6 Å². The van der Waals surface area contributed by atoms with E-state index >= 15 is 0 Å². The summed E-state index contributed by atoms with van der Waals surface area (Å²) in [5, 5.41) is 13.3. The van der Waals surface area contributed by atoms with Crippen molar-refractivity contribution in [3.63, 3.8) is 0 Å². The van der Waals surface area contributed by atoms with E-state index < -0.39 is 16.1 Å². The third-order valence-electron chi connectivity index (χ3n) is 6.50. The van der Waals surface area contributed by atoms with Crippen LogP contribution in [0.25, 0.3) is 0 Å². The van der Waals surface area contributed by atoms with Crippen molar-refractivity contribution >= 4 is 44.5 Å². The van der Waals surface area contributed by atoms with Gasteiger partial charge in [-0.1, -0.05) is 17.7 Å².